The molecule has 1 amide bonds. The van der Waals surface area contributed by atoms with Gasteiger partial charge in [-0.25, -0.2) is 0 Å². The van der Waals surface area contributed by atoms with Crippen molar-refractivity contribution < 1.29 is 9.53 Å². The van der Waals surface area contributed by atoms with Crippen LogP contribution in [0.25, 0.3) is 6.08 Å². The molecule has 2 aromatic rings. The Hall–Kier alpha value is -2.77. The summed E-state index contributed by atoms with van der Waals surface area (Å²) in [6.07, 6.45) is 2.38. The van der Waals surface area contributed by atoms with Gasteiger partial charge in [0.05, 0.1) is 11.6 Å². The van der Waals surface area contributed by atoms with E-state index in [0.717, 1.165) is 6.42 Å². The van der Waals surface area contributed by atoms with Gasteiger partial charge in [-0.1, -0.05) is 42.8 Å². The Kier molecular flexibility index (Phi) is 6.41. The molecule has 0 unspecified atom stereocenters. The fourth-order valence-electron chi connectivity index (χ4n) is 1.97. The van der Waals surface area contributed by atoms with E-state index in [2.05, 4.69) is 5.32 Å². The lowest BCUT2D eigenvalue weighted by Crippen LogP contribution is -2.13. The molecule has 24 heavy (non-hydrogen) atoms. The number of anilines is 1. The first-order valence-corrected chi connectivity index (χ1v) is 7.92. The number of halogens is 1. The quantitative estimate of drug-likeness (QED) is 0.613. The number of carbonyl (C=O) groups is 1. The number of nitrogens with one attached hydrogen (secondary N) is 1. The van der Waals surface area contributed by atoms with Gasteiger partial charge in [-0.2, -0.15) is 5.26 Å². The van der Waals surface area contributed by atoms with E-state index in [4.69, 9.17) is 16.3 Å². The highest BCUT2D eigenvalue weighted by molar-refractivity contribution is 6.32. The van der Waals surface area contributed by atoms with Crippen LogP contribution in [0.5, 0.6) is 5.75 Å². The lowest BCUT2D eigenvalue weighted by molar-refractivity contribution is -0.112. The molecule has 1 N–H and O–H groups in total. The summed E-state index contributed by atoms with van der Waals surface area (Å²) < 4.78 is 5.50. The SMILES string of the molecule is CCCOc1ccc(/C=C(\C#N)C(=O)Nc2ccccc2)cc1Cl. The second-order valence-corrected chi connectivity index (χ2v) is 5.44. The first-order valence-electron chi connectivity index (χ1n) is 7.54. The summed E-state index contributed by atoms with van der Waals surface area (Å²) in [5, 5.41) is 12.4. The number of hydrogen-bond donors (Lipinski definition) is 1. The van der Waals surface area contributed by atoms with Crippen LogP contribution in [0.4, 0.5) is 5.69 Å². The second kappa shape index (κ2) is 8.76. The molecule has 0 spiro atoms. The van der Waals surface area contributed by atoms with E-state index >= 15 is 0 Å². The van der Waals surface area contributed by atoms with Crippen LogP contribution in [-0.2, 0) is 4.79 Å². The number of ether oxygens (including phenoxy) is 1. The molecule has 2 aromatic carbocycles. The Bertz CT molecular complexity index is 780. The standard InChI is InChI=1S/C19H17ClN2O2/c1-2-10-24-18-9-8-14(12-17(18)20)11-15(13-21)19(23)22-16-6-4-3-5-7-16/h3-9,11-12H,2,10H2,1H3,(H,22,23)/b15-11+. The summed E-state index contributed by atoms with van der Waals surface area (Å²) >= 11 is 6.16. The molecule has 5 heteroatoms. The average molecular weight is 341 g/mol. The number of nitriles is 1. The number of hydrogen-bond acceptors (Lipinski definition) is 3. The van der Waals surface area contributed by atoms with Gasteiger partial charge in [-0.05, 0) is 42.3 Å². The molecular formula is C19H17ClN2O2. The predicted octanol–water partition coefficient (Wildman–Crippen LogP) is 4.67. The molecule has 0 fully saturated rings. The number of carbonyl (C=O) groups excluding carboxylic acids is 1. The van der Waals surface area contributed by atoms with Gasteiger partial charge in [0.15, 0.2) is 0 Å². The number of benzene rings is 2. The van der Waals surface area contributed by atoms with Crippen molar-refractivity contribution in [1.82, 2.24) is 0 Å². The number of amides is 1. The fourth-order valence-corrected chi connectivity index (χ4v) is 2.21. The monoisotopic (exact) mass is 340 g/mol. The highest BCUT2D eigenvalue weighted by Gasteiger charge is 2.10. The number of para-hydroxylation sites is 1. The summed E-state index contributed by atoms with van der Waals surface area (Å²) in [6.45, 7) is 2.59. The zero-order chi connectivity index (χ0) is 17.4. The smallest absolute Gasteiger partial charge is 0.266 e. The predicted molar refractivity (Wildman–Crippen MR) is 95.9 cm³/mol. The fraction of sp³-hybridized carbons (Fsp3) is 0.158. The van der Waals surface area contributed by atoms with Crippen LogP contribution < -0.4 is 10.1 Å². The highest BCUT2D eigenvalue weighted by Crippen LogP contribution is 2.26. The second-order valence-electron chi connectivity index (χ2n) is 5.03. The maximum absolute atomic E-state index is 12.2. The lowest BCUT2D eigenvalue weighted by Gasteiger charge is -2.07. The van der Waals surface area contributed by atoms with Crippen molar-refractivity contribution >= 4 is 29.3 Å². The number of nitrogens with zero attached hydrogens (tertiary/aromatic N) is 1. The third kappa shape index (κ3) is 4.87. The van der Waals surface area contributed by atoms with Gasteiger partial charge in [0.1, 0.15) is 17.4 Å². The van der Waals surface area contributed by atoms with Crippen LogP contribution in [0.15, 0.2) is 54.1 Å². The Morgan fingerprint density at radius 3 is 2.67 bits per heavy atom. The lowest BCUT2D eigenvalue weighted by atomic mass is 10.1. The molecule has 0 aliphatic carbocycles. The Balaban J connectivity index is 2.16. The van der Waals surface area contributed by atoms with E-state index in [1.165, 1.54) is 6.08 Å². The van der Waals surface area contributed by atoms with Crippen molar-refractivity contribution in [1.29, 1.82) is 5.26 Å². The van der Waals surface area contributed by atoms with Crippen molar-refractivity contribution in [2.75, 3.05) is 11.9 Å². The zero-order valence-electron chi connectivity index (χ0n) is 13.3. The minimum atomic E-state index is -0.467. The third-order valence-electron chi connectivity index (χ3n) is 3.13. The molecule has 0 aliphatic heterocycles. The van der Waals surface area contributed by atoms with E-state index in [0.29, 0.717) is 28.6 Å². The molecule has 0 radical (unpaired) electrons. The Labute approximate surface area is 146 Å². The molecule has 0 aromatic heterocycles. The molecule has 0 aliphatic rings. The van der Waals surface area contributed by atoms with E-state index in [1.54, 1.807) is 42.5 Å². The van der Waals surface area contributed by atoms with E-state index in [-0.39, 0.29) is 5.57 Å². The largest absolute Gasteiger partial charge is 0.492 e. The first-order chi connectivity index (χ1) is 11.6. The molecule has 0 saturated heterocycles. The van der Waals surface area contributed by atoms with Crippen molar-refractivity contribution in [3.8, 4) is 11.8 Å². The molecule has 0 atom stereocenters. The van der Waals surface area contributed by atoms with Gasteiger partial charge in [0.2, 0.25) is 0 Å². The van der Waals surface area contributed by atoms with Crippen LogP contribution in [0, 0.1) is 11.3 Å². The van der Waals surface area contributed by atoms with E-state index in [1.807, 2.05) is 19.1 Å². The van der Waals surface area contributed by atoms with Gasteiger partial charge >= 0.3 is 0 Å². The summed E-state index contributed by atoms with van der Waals surface area (Å²) in [5.41, 5.74) is 1.28. The van der Waals surface area contributed by atoms with Gasteiger partial charge in [0, 0.05) is 5.69 Å². The van der Waals surface area contributed by atoms with Crippen molar-refractivity contribution in [3.63, 3.8) is 0 Å². The maximum atomic E-state index is 12.2. The molecule has 0 bridgehead atoms. The minimum absolute atomic E-state index is 0.00264. The molecule has 0 heterocycles. The zero-order valence-corrected chi connectivity index (χ0v) is 14.0. The molecule has 4 nitrogen and oxygen atoms in total. The van der Waals surface area contributed by atoms with Crippen molar-refractivity contribution in [3.05, 3.63) is 64.7 Å². The van der Waals surface area contributed by atoms with Gasteiger partial charge < -0.3 is 10.1 Å². The van der Waals surface area contributed by atoms with Crippen LogP contribution >= 0.6 is 11.6 Å². The van der Waals surface area contributed by atoms with Crippen LogP contribution in [0.3, 0.4) is 0 Å². The van der Waals surface area contributed by atoms with Crippen molar-refractivity contribution in [2.24, 2.45) is 0 Å². The highest BCUT2D eigenvalue weighted by atomic mass is 35.5. The Morgan fingerprint density at radius 2 is 2.04 bits per heavy atom. The topological polar surface area (TPSA) is 62.1 Å². The summed E-state index contributed by atoms with van der Waals surface area (Å²) in [6, 6.07) is 16.0. The average Bonchev–Trinajstić information content (AvgIpc) is 2.59. The third-order valence-corrected chi connectivity index (χ3v) is 3.42. The molecule has 0 saturated carbocycles. The van der Waals surface area contributed by atoms with Crippen LogP contribution in [0.2, 0.25) is 5.02 Å². The minimum Gasteiger partial charge on any atom is -0.492 e. The number of rotatable bonds is 6. The van der Waals surface area contributed by atoms with E-state index in [9.17, 15) is 10.1 Å². The molecule has 2 rings (SSSR count). The van der Waals surface area contributed by atoms with Gasteiger partial charge in [-0.15, -0.1) is 0 Å². The van der Waals surface area contributed by atoms with Crippen LogP contribution in [-0.4, -0.2) is 12.5 Å². The maximum Gasteiger partial charge on any atom is 0.266 e. The summed E-state index contributed by atoms with van der Waals surface area (Å²) in [7, 11) is 0. The van der Waals surface area contributed by atoms with Gasteiger partial charge in [0.25, 0.3) is 5.91 Å². The normalized spacial score (nSPS) is 10.8. The van der Waals surface area contributed by atoms with Crippen molar-refractivity contribution in [2.45, 2.75) is 13.3 Å². The molecular weight excluding hydrogens is 324 g/mol. The molecule has 122 valence electrons. The van der Waals surface area contributed by atoms with Gasteiger partial charge in [-0.3, -0.25) is 4.79 Å². The summed E-state index contributed by atoms with van der Waals surface area (Å²) in [4.78, 5) is 12.2. The summed E-state index contributed by atoms with van der Waals surface area (Å²) in [5.74, 6) is 0.119. The first kappa shape index (κ1) is 17.6. The van der Waals surface area contributed by atoms with E-state index < -0.39 is 5.91 Å². The Morgan fingerprint density at radius 1 is 1.29 bits per heavy atom. The van der Waals surface area contributed by atoms with Crippen LogP contribution in [0.1, 0.15) is 18.9 Å².